The van der Waals surface area contributed by atoms with E-state index in [4.69, 9.17) is 4.74 Å². The van der Waals surface area contributed by atoms with E-state index in [0.29, 0.717) is 13.0 Å². The van der Waals surface area contributed by atoms with Crippen LogP contribution in [-0.4, -0.2) is 5.97 Å². The number of esters is 1. The lowest BCUT2D eigenvalue weighted by atomic mass is 10.0. The zero-order chi connectivity index (χ0) is 20.3. The van der Waals surface area contributed by atoms with Crippen molar-refractivity contribution in [2.45, 2.75) is 116 Å². The fraction of sp³-hybridized carbons (Fsp3) is 0.720. The van der Waals surface area contributed by atoms with Crippen LogP contribution in [0.15, 0.2) is 28.7 Å². The molecule has 0 saturated heterocycles. The van der Waals surface area contributed by atoms with E-state index in [1.807, 2.05) is 24.3 Å². The topological polar surface area (TPSA) is 26.3 Å². The maximum atomic E-state index is 11.8. The fourth-order valence-corrected chi connectivity index (χ4v) is 3.72. The van der Waals surface area contributed by atoms with E-state index < -0.39 is 0 Å². The number of unbranched alkanes of at least 4 members (excludes halogenated alkanes) is 14. The van der Waals surface area contributed by atoms with Crippen molar-refractivity contribution >= 4 is 21.9 Å². The number of hydrogen-bond acceptors (Lipinski definition) is 2. The van der Waals surface area contributed by atoms with E-state index in [-0.39, 0.29) is 5.97 Å². The van der Waals surface area contributed by atoms with Gasteiger partial charge in [-0.05, 0) is 24.1 Å². The van der Waals surface area contributed by atoms with Crippen LogP contribution in [0.5, 0.6) is 0 Å². The molecule has 1 aromatic carbocycles. The number of hydrogen-bond donors (Lipinski definition) is 0. The van der Waals surface area contributed by atoms with Crippen LogP contribution in [0.4, 0.5) is 0 Å². The van der Waals surface area contributed by atoms with Gasteiger partial charge in [0.1, 0.15) is 6.61 Å². The maximum absolute atomic E-state index is 11.8. The summed E-state index contributed by atoms with van der Waals surface area (Å²) in [5, 5.41) is 0. The van der Waals surface area contributed by atoms with Crippen molar-refractivity contribution in [3.63, 3.8) is 0 Å². The van der Waals surface area contributed by atoms with Crippen LogP contribution in [0.25, 0.3) is 0 Å². The summed E-state index contributed by atoms with van der Waals surface area (Å²) in [6.45, 7) is 2.66. The highest BCUT2D eigenvalue weighted by Gasteiger charge is 2.03. The average Bonchev–Trinajstić information content (AvgIpc) is 2.70. The Hall–Kier alpha value is -0.830. The summed E-state index contributed by atoms with van der Waals surface area (Å²) < 4.78 is 6.37. The van der Waals surface area contributed by atoms with E-state index >= 15 is 0 Å². The van der Waals surface area contributed by atoms with E-state index in [1.54, 1.807) is 0 Å². The first kappa shape index (κ1) is 25.2. The largest absolute Gasteiger partial charge is 0.461 e. The van der Waals surface area contributed by atoms with E-state index in [0.717, 1.165) is 22.9 Å². The summed E-state index contributed by atoms with van der Waals surface area (Å²) in [6, 6.07) is 7.89. The first-order valence-corrected chi connectivity index (χ1v) is 12.4. The van der Waals surface area contributed by atoms with Gasteiger partial charge in [0.05, 0.1) is 0 Å². The lowest BCUT2D eigenvalue weighted by Gasteiger charge is -2.05. The molecular weight excluding hydrogens is 412 g/mol. The standard InChI is InChI=1S/C25H41BrO2/c1-2-3-4-5-6-7-8-9-10-11-12-13-14-15-16-17-25(27)28-22-23-18-20-24(26)21-19-23/h18-21H,2-17,22H2,1H3. The minimum atomic E-state index is -0.0717. The maximum Gasteiger partial charge on any atom is 0.306 e. The van der Waals surface area contributed by atoms with Gasteiger partial charge in [0.15, 0.2) is 0 Å². The first-order valence-electron chi connectivity index (χ1n) is 11.6. The summed E-state index contributed by atoms with van der Waals surface area (Å²) >= 11 is 3.41. The number of carbonyl (C=O) groups excluding carboxylic acids is 1. The second kappa shape index (κ2) is 18.2. The predicted molar refractivity (Wildman–Crippen MR) is 123 cm³/mol. The van der Waals surface area contributed by atoms with Crippen LogP contribution >= 0.6 is 15.9 Å². The third kappa shape index (κ3) is 15.1. The number of halogens is 1. The Balaban J connectivity index is 1.80. The quantitative estimate of drug-likeness (QED) is 0.164. The third-order valence-corrected chi connectivity index (χ3v) is 5.83. The lowest BCUT2D eigenvalue weighted by Crippen LogP contribution is -2.04. The minimum absolute atomic E-state index is 0.0717. The molecule has 0 aliphatic rings. The predicted octanol–water partition coefficient (Wildman–Crippen LogP) is 8.75. The minimum Gasteiger partial charge on any atom is -0.461 e. The number of carbonyl (C=O) groups is 1. The number of benzene rings is 1. The molecule has 0 N–H and O–H groups in total. The van der Waals surface area contributed by atoms with Gasteiger partial charge in [-0.2, -0.15) is 0 Å². The number of ether oxygens (including phenoxy) is 1. The zero-order valence-electron chi connectivity index (χ0n) is 18.0. The van der Waals surface area contributed by atoms with Crippen LogP contribution in [-0.2, 0) is 16.1 Å². The van der Waals surface area contributed by atoms with Gasteiger partial charge in [0.25, 0.3) is 0 Å². The Morgan fingerprint density at radius 3 is 1.61 bits per heavy atom. The Bertz CT molecular complexity index is 484. The molecule has 0 amide bonds. The fourth-order valence-electron chi connectivity index (χ4n) is 3.46. The van der Waals surface area contributed by atoms with E-state index in [9.17, 15) is 4.79 Å². The Labute approximate surface area is 182 Å². The molecule has 0 aromatic heterocycles. The van der Waals surface area contributed by atoms with Gasteiger partial charge in [-0.3, -0.25) is 4.79 Å². The van der Waals surface area contributed by atoms with E-state index in [2.05, 4.69) is 22.9 Å². The molecule has 0 atom stereocenters. The van der Waals surface area contributed by atoms with Crippen LogP contribution in [0.3, 0.4) is 0 Å². The Kier molecular flexibility index (Phi) is 16.4. The third-order valence-electron chi connectivity index (χ3n) is 5.30. The lowest BCUT2D eigenvalue weighted by molar-refractivity contribution is -0.145. The van der Waals surface area contributed by atoms with E-state index in [1.165, 1.54) is 83.5 Å². The highest BCUT2D eigenvalue weighted by molar-refractivity contribution is 9.10. The molecule has 160 valence electrons. The summed E-state index contributed by atoms with van der Waals surface area (Å²) in [7, 11) is 0. The van der Waals surface area contributed by atoms with Gasteiger partial charge in [-0.1, -0.05) is 125 Å². The van der Waals surface area contributed by atoms with Gasteiger partial charge in [0.2, 0.25) is 0 Å². The van der Waals surface area contributed by atoms with Gasteiger partial charge < -0.3 is 4.74 Å². The van der Waals surface area contributed by atoms with Crippen LogP contribution in [0.2, 0.25) is 0 Å². The zero-order valence-corrected chi connectivity index (χ0v) is 19.6. The summed E-state index contributed by atoms with van der Waals surface area (Å²) in [4.78, 5) is 11.8. The monoisotopic (exact) mass is 452 g/mol. The molecule has 0 fully saturated rings. The second-order valence-electron chi connectivity index (χ2n) is 7.99. The Morgan fingerprint density at radius 1 is 0.714 bits per heavy atom. The molecule has 0 aliphatic heterocycles. The van der Waals surface area contributed by atoms with Crippen molar-refractivity contribution < 1.29 is 9.53 Å². The molecule has 1 rings (SSSR count). The van der Waals surface area contributed by atoms with Crippen molar-refractivity contribution in [2.75, 3.05) is 0 Å². The summed E-state index contributed by atoms with van der Waals surface area (Å²) in [5.74, 6) is -0.0717. The molecule has 28 heavy (non-hydrogen) atoms. The normalized spacial score (nSPS) is 10.9. The van der Waals surface area contributed by atoms with Gasteiger partial charge in [0, 0.05) is 10.9 Å². The molecule has 1 aromatic rings. The highest BCUT2D eigenvalue weighted by atomic mass is 79.9. The van der Waals surface area contributed by atoms with Crippen molar-refractivity contribution in [1.82, 2.24) is 0 Å². The molecule has 0 aliphatic carbocycles. The first-order chi connectivity index (χ1) is 13.7. The molecule has 0 spiro atoms. The SMILES string of the molecule is CCCCCCCCCCCCCCCCCC(=O)OCc1ccc(Br)cc1. The highest BCUT2D eigenvalue weighted by Crippen LogP contribution is 2.14. The van der Waals surface area contributed by atoms with Crippen LogP contribution in [0.1, 0.15) is 115 Å². The summed E-state index contributed by atoms with van der Waals surface area (Å²) in [5.41, 5.74) is 1.04. The molecule has 0 radical (unpaired) electrons. The van der Waals surface area contributed by atoms with Crippen LogP contribution in [0, 0.1) is 0 Å². The van der Waals surface area contributed by atoms with Gasteiger partial charge >= 0.3 is 5.97 Å². The Morgan fingerprint density at radius 2 is 1.14 bits per heavy atom. The van der Waals surface area contributed by atoms with Crippen molar-refractivity contribution in [1.29, 1.82) is 0 Å². The average molecular weight is 454 g/mol. The molecule has 0 unspecified atom stereocenters. The molecule has 0 bridgehead atoms. The number of rotatable bonds is 18. The molecule has 0 saturated carbocycles. The van der Waals surface area contributed by atoms with Crippen LogP contribution < -0.4 is 0 Å². The van der Waals surface area contributed by atoms with Crippen molar-refractivity contribution in [2.24, 2.45) is 0 Å². The molecule has 3 heteroatoms. The molecule has 0 heterocycles. The smallest absolute Gasteiger partial charge is 0.306 e. The summed E-state index contributed by atoms with van der Waals surface area (Å²) in [6.07, 6.45) is 20.7. The second-order valence-corrected chi connectivity index (χ2v) is 8.90. The molecule has 2 nitrogen and oxygen atoms in total. The molecular formula is C25H41BrO2. The van der Waals surface area contributed by atoms with Crippen molar-refractivity contribution in [3.05, 3.63) is 34.3 Å². The van der Waals surface area contributed by atoms with Gasteiger partial charge in [-0.15, -0.1) is 0 Å². The van der Waals surface area contributed by atoms with Crippen molar-refractivity contribution in [3.8, 4) is 0 Å². The van der Waals surface area contributed by atoms with Gasteiger partial charge in [-0.25, -0.2) is 0 Å².